The van der Waals surface area contributed by atoms with Crippen LogP contribution in [0.5, 0.6) is 0 Å². The molecule has 2 aromatic rings. The topological polar surface area (TPSA) is 19.0 Å². The fourth-order valence-electron chi connectivity index (χ4n) is 3.38. The Labute approximate surface area is 107 Å². The normalized spacial score (nSPS) is 23.1. The first-order valence-electron chi connectivity index (χ1n) is 6.43. The lowest BCUT2D eigenvalue weighted by molar-refractivity contribution is 0.334. The molecule has 1 fully saturated rings. The zero-order valence-electron chi connectivity index (χ0n) is 10.5. The third-order valence-electron chi connectivity index (χ3n) is 4.28. The van der Waals surface area contributed by atoms with Gasteiger partial charge >= 0.3 is 0 Å². The van der Waals surface area contributed by atoms with Crippen LogP contribution in [-0.2, 0) is 6.42 Å². The van der Waals surface area contributed by atoms with Crippen molar-refractivity contribution in [3.05, 3.63) is 53.2 Å². The number of H-pyrrole nitrogens is 1. The zero-order valence-corrected chi connectivity index (χ0v) is 10.5. The molecule has 2 heterocycles. The predicted octanol–water partition coefficient (Wildman–Crippen LogP) is 2.98. The van der Waals surface area contributed by atoms with Gasteiger partial charge in [-0.3, -0.25) is 4.90 Å². The van der Waals surface area contributed by atoms with Gasteiger partial charge in [0.25, 0.3) is 0 Å². The molecule has 1 aromatic heterocycles. The van der Waals surface area contributed by atoms with E-state index >= 15 is 0 Å². The first-order valence-corrected chi connectivity index (χ1v) is 6.43. The quantitative estimate of drug-likeness (QED) is 0.745. The van der Waals surface area contributed by atoms with Crippen LogP contribution in [0.3, 0.4) is 0 Å². The van der Waals surface area contributed by atoms with Gasteiger partial charge in [-0.15, -0.1) is 0 Å². The lowest BCUT2D eigenvalue weighted by atomic mass is 10.0. The third-order valence-corrected chi connectivity index (χ3v) is 4.28. The molecule has 2 heteroatoms. The summed E-state index contributed by atoms with van der Waals surface area (Å²) in [5.41, 5.74) is 6.69. The summed E-state index contributed by atoms with van der Waals surface area (Å²) in [5.74, 6) is 0. The molecular weight excluding hydrogens is 220 g/mol. The molecule has 4 rings (SSSR count). The van der Waals surface area contributed by atoms with Crippen molar-refractivity contribution in [1.29, 1.82) is 0 Å². The third kappa shape index (κ3) is 1.21. The Hall–Kier alpha value is -1.80. The highest BCUT2D eigenvalue weighted by Gasteiger charge is 2.31. The standard InChI is InChI=1S/C16H16N2/c1-10-9-18(2)15-7-12-8-17-14-5-3-4-11(16(12)14)6-13(10)15/h3-6,8,15,17H,1,7,9H2,2H3/t15-/m1/s1. The van der Waals surface area contributed by atoms with Gasteiger partial charge in [-0.2, -0.15) is 0 Å². The van der Waals surface area contributed by atoms with Crippen LogP contribution in [0.1, 0.15) is 11.1 Å². The number of likely N-dealkylation sites (tertiary alicyclic amines) is 1. The van der Waals surface area contributed by atoms with Crippen LogP contribution >= 0.6 is 0 Å². The molecule has 90 valence electrons. The molecule has 2 nitrogen and oxygen atoms in total. The highest BCUT2D eigenvalue weighted by molar-refractivity contribution is 5.93. The largest absolute Gasteiger partial charge is 0.361 e. The summed E-state index contributed by atoms with van der Waals surface area (Å²) in [5, 5.41) is 1.39. The summed E-state index contributed by atoms with van der Waals surface area (Å²) in [4.78, 5) is 5.79. The Bertz CT molecular complexity index is 690. The van der Waals surface area contributed by atoms with E-state index in [9.17, 15) is 0 Å². The SMILES string of the molecule is C=C1CN(C)[C@@H]2Cc3c[nH]c4cccc(c34)C=C12. The van der Waals surface area contributed by atoms with Crippen LogP contribution in [0.15, 0.2) is 42.1 Å². The van der Waals surface area contributed by atoms with Gasteiger partial charge in [0.2, 0.25) is 0 Å². The van der Waals surface area contributed by atoms with E-state index in [0.29, 0.717) is 6.04 Å². The maximum atomic E-state index is 4.22. The van der Waals surface area contributed by atoms with E-state index in [1.54, 1.807) is 0 Å². The summed E-state index contributed by atoms with van der Waals surface area (Å²) in [6.45, 7) is 5.22. The molecule has 1 atom stereocenters. The molecule has 1 aliphatic carbocycles. The van der Waals surface area contributed by atoms with Crippen LogP contribution in [0.25, 0.3) is 17.0 Å². The van der Waals surface area contributed by atoms with E-state index in [4.69, 9.17) is 0 Å². The van der Waals surface area contributed by atoms with Gasteiger partial charge < -0.3 is 4.98 Å². The maximum absolute atomic E-state index is 4.22. The number of hydrogen-bond acceptors (Lipinski definition) is 1. The average Bonchev–Trinajstić information content (AvgIpc) is 2.80. The molecule has 1 aromatic carbocycles. The fourth-order valence-corrected chi connectivity index (χ4v) is 3.38. The Morgan fingerprint density at radius 1 is 1.39 bits per heavy atom. The number of likely N-dealkylation sites (N-methyl/N-ethyl adjacent to an activating group) is 1. The van der Waals surface area contributed by atoms with Crippen molar-refractivity contribution in [1.82, 2.24) is 9.88 Å². The number of hydrogen-bond donors (Lipinski definition) is 1. The molecule has 0 bridgehead atoms. The van der Waals surface area contributed by atoms with E-state index in [1.165, 1.54) is 33.2 Å². The smallest absolute Gasteiger partial charge is 0.0462 e. The lowest BCUT2D eigenvalue weighted by Gasteiger charge is -2.18. The van der Waals surface area contributed by atoms with Crippen LogP contribution in [0.2, 0.25) is 0 Å². The van der Waals surface area contributed by atoms with E-state index in [0.717, 1.165) is 13.0 Å². The molecular formula is C16H16N2. The van der Waals surface area contributed by atoms with Gasteiger partial charge in [0.1, 0.15) is 0 Å². The minimum Gasteiger partial charge on any atom is -0.361 e. The van der Waals surface area contributed by atoms with Crippen molar-refractivity contribution < 1.29 is 0 Å². The zero-order chi connectivity index (χ0) is 12.3. The number of nitrogens with zero attached hydrogens (tertiary/aromatic N) is 1. The molecule has 0 radical (unpaired) electrons. The lowest BCUT2D eigenvalue weighted by Crippen LogP contribution is -2.27. The molecule has 0 unspecified atom stereocenters. The summed E-state index contributed by atoms with van der Waals surface area (Å²) in [6, 6.07) is 6.97. The molecule has 2 aliphatic rings. The van der Waals surface area contributed by atoms with Crippen molar-refractivity contribution >= 4 is 17.0 Å². The Morgan fingerprint density at radius 3 is 3.17 bits per heavy atom. The van der Waals surface area contributed by atoms with Crippen LogP contribution in [-0.4, -0.2) is 29.5 Å². The van der Waals surface area contributed by atoms with Crippen LogP contribution in [0.4, 0.5) is 0 Å². The molecule has 0 amide bonds. The molecule has 0 spiro atoms. The molecule has 18 heavy (non-hydrogen) atoms. The Kier molecular flexibility index (Phi) is 1.90. The second-order valence-electron chi connectivity index (χ2n) is 5.42. The Morgan fingerprint density at radius 2 is 2.28 bits per heavy atom. The molecule has 1 N–H and O–H groups in total. The number of benzene rings is 1. The minimum atomic E-state index is 0.490. The first-order chi connectivity index (χ1) is 8.74. The average molecular weight is 236 g/mol. The van der Waals surface area contributed by atoms with E-state index in [1.807, 2.05) is 0 Å². The molecule has 1 aliphatic heterocycles. The van der Waals surface area contributed by atoms with Crippen molar-refractivity contribution in [3.63, 3.8) is 0 Å². The van der Waals surface area contributed by atoms with Gasteiger partial charge in [-0.05, 0) is 47.9 Å². The molecule has 1 saturated heterocycles. The summed E-state index contributed by atoms with van der Waals surface area (Å²) < 4.78 is 0. The van der Waals surface area contributed by atoms with Gasteiger partial charge in [-0.25, -0.2) is 0 Å². The van der Waals surface area contributed by atoms with Crippen molar-refractivity contribution in [2.24, 2.45) is 0 Å². The Balaban J connectivity index is 2.03. The summed E-state index contributed by atoms with van der Waals surface area (Å²) >= 11 is 0. The second-order valence-corrected chi connectivity index (χ2v) is 5.42. The van der Waals surface area contributed by atoms with E-state index in [-0.39, 0.29) is 0 Å². The number of nitrogens with one attached hydrogen (secondary N) is 1. The number of rotatable bonds is 0. The second kappa shape index (κ2) is 3.36. The van der Waals surface area contributed by atoms with Crippen molar-refractivity contribution in [3.8, 4) is 0 Å². The van der Waals surface area contributed by atoms with Crippen molar-refractivity contribution in [2.75, 3.05) is 13.6 Å². The predicted molar refractivity (Wildman–Crippen MR) is 75.5 cm³/mol. The number of fused-ring (bicyclic) bond motifs is 1. The minimum absolute atomic E-state index is 0.490. The van der Waals surface area contributed by atoms with Crippen molar-refractivity contribution in [2.45, 2.75) is 12.5 Å². The van der Waals surface area contributed by atoms with Crippen LogP contribution in [0, 0.1) is 0 Å². The highest BCUT2D eigenvalue weighted by atomic mass is 15.2. The highest BCUT2D eigenvalue weighted by Crippen LogP contribution is 2.37. The fraction of sp³-hybridized carbons (Fsp3) is 0.250. The maximum Gasteiger partial charge on any atom is 0.0462 e. The number of aromatic nitrogens is 1. The first kappa shape index (κ1) is 10.2. The van der Waals surface area contributed by atoms with Gasteiger partial charge in [-0.1, -0.05) is 18.7 Å². The van der Waals surface area contributed by atoms with Gasteiger partial charge in [0, 0.05) is 29.7 Å². The van der Waals surface area contributed by atoms with Crippen LogP contribution < -0.4 is 0 Å². The number of aromatic amines is 1. The van der Waals surface area contributed by atoms with E-state index in [2.05, 4.69) is 54.0 Å². The molecule has 0 saturated carbocycles. The van der Waals surface area contributed by atoms with Gasteiger partial charge in [0.05, 0.1) is 0 Å². The summed E-state index contributed by atoms with van der Waals surface area (Å²) in [6.07, 6.45) is 5.58. The van der Waals surface area contributed by atoms with E-state index < -0.39 is 0 Å². The van der Waals surface area contributed by atoms with Gasteiger partial charge in [0.15, 0.2) is 0 Å². The summed E-state index contributed by atoms with van der Waals surface area (Å²) in [7, 11) is 2.19. The monoisotopic (exact) mass is 236 g/mol.